The third-order valence-electron chi connectivity index (χ3n) is 7.89. The van der Waals surface area contributed by atoms with E-state index in [0.29, 0.717) is 23.1 Å². The highest BCUT2D eigenvalue weighted by Crippen LogP contribution is 2.56. The summed E-state index contributed by atoms with van der Waals surface area (Å²) in [4.78, 5) is 49.0. The third-order valence-corrected chi connectivity index (χ3v) is 9.79. The first-order valence-electron chi connectivity index (χ1n) is 13.4. The number of nitrogens with one attached hydrogen (secondary N) is 2. The van der Waals surface area contributed by atoms with Gasteiger partial charge < -0.3 is 20.1 Å². The van der Waals surface area contributed by atoms with Crippen molar-refractivity contribution in [1.82, 2.24) is 20.1 Å². The molecule has 2 saturated heterocycles. The molecular weight excluding hydrogens is 579 g/mol. The topological polar surface area (TPSA) is 85.5 Å². The van der Waals surface area contributed by atoms with Crippen LogP contribution in [0.5, 0.6) is 0 Å². The molecular formula is C31H28Cl2N4O3S. The molecule has 3 heterocycles. The number of fused-ring (bicyclic) bond motifs is 1. The molecule has 0 spiro atoms. The molecule has 2 aliphatic heterocycles. The molecule has 4 aromatic rings. The number of likely N-dealkylation sites (tertiary alicyclic amines) is 1. The molecule has 2 aliphatic rings. The van der Waals surface area contributed by atoms with Crippen molar-refractivity contribution in [3.63, 3.8) is 0 Å². The molecule has 41 heavy (non-hydrogen) atoms. The van der Waals surface area contributed by atoms with Gasteiger partial charge in [-0.3, -0.25) is 14.4 Å². The quantitative estimate of drug-likeness (QED) is 0.282. The number of carbonyl (C=O) groups is 3. The molecule has 0 bridgehead atoms. The average Bonchev–Trinajstić information content (AvgIpc) is 3.50. The summed E-state index contributed by atoms with van der Waals surface area (Å²) in [6.07, 6.45) is 1.86. The zero-order valence-electron chi connectivity index (χ0n) is 22.3. The van der Waals surface area contributed by atoms with Crippen LogP contribution in [0.2, 0.25) is 10.0 Å². The predicted molar refractivity (Wildman–Crippen MR) is 162 cm³/mol. The number of carbonyl (C=O) groups excluding carboxylic acids is 3. The van der Waals surface area contributed by atoms with Crippen LogP contribution in [0.3, 0.4) is 0 Å². The van der Waals surface area contributed by atoms with Crippen molar-refractivity contribution in [2.45, 2.75) is 35.1 Å². The SMILES string of the molecule is C[C@@H](c1ccc(Cl)cc1)N1C(=O)C[C@](Sc2ccccc2)(C(=O)N2CCNC(=O)C2)[C@H]1c1c[nH]c2cc(Cl)ccc12. The standard InChI is InChI=1S/C31H28Cl2N4O3S/c1-19(20-7-9-21(32)10-8-20)37-28(39)16-31(41-23-5-3-2-4-6-23,30(40)36-14-13-34-27(38)18-36)29(37)25-17-35-26-15-22(33)11-12-24(25)26/h2-12,15,17,19,29,35H,13-14,16,18H2,1H3,(H,34,38)/t19-,29+,31+/m0/s1. The first-order chi connectivity index (χ1) is 19.8. The minimum Gasteiger partial charge on any atom is -0.361 e. The maximum atomic E-state index is 14.8. The van der Waals surface area contributed by atoms with Crippen LogP contribution >= 0.6 is 35.0 Å². The van der Waals surface area contributed by atoms with E-state index in [4.69, 9.17) is 23.2 Å². The van der Waals surface area contributed by atoms with Gasteiger partial charge in [0.15, 0.2) is 0 Å². The highest BCUT2D eigenvalue weighted by atomic mass is 35.5. The summed E-state index contributed by atoms with van der Waals surface area (Å²) in [6, 6.07) is 21.6. The van der Waals surface area contributed by atoms with Gasteiger partial charge in [0.1, 0.15) is 4.75 Å². The van der Waals surface area contributed by atoms with Crippen LogP contribution in [0, 0.1) is 0 Å². The number of amides is 3. The molecule has 210 valence electrons. The molecule has 3 aromatic carbocycles. The number of rotatable bonds is 6. The van der Waals surface area contributed by atoms with Crippen LogP contribution in [0.15, 0.2) is 83.9 Å². The van der Waals surface area contributed by atoms with Gasteiger partial charge in [-0.15, -0.1) is 11.8 Å². The Morgan fingerprint density at radius 3 is 2.49 bits per heavy atom. The normalized spacial score (nSPS) is 21.8. The summed E-state index contributed by atoms with van der Waals surface area (Å²) in [7, 11) is 0. The number of H-pyrrole nitrogens is 1. The van der Waals surface area contributed by atoms with E-state index in [2.05, 4.69) is 10.3 Å². The Balaban J connectivity index is 1.56. The lowest BCUT2D eigenvalue weighted by atomic mass is 9.89. The highest BCUT2D eigenvalue weighted by Gasteiger charge is 2.61. The molecule has 3 atom stereocenters. The van der Waals surface area contributed by atoms with Crippen molar-refractivity contribution < 1.29 is 14.4 Å². The van der Waals surface area contributed by atoms with E-state index >= 15 is 0 Å². The number of aromatic nitrogens is 1. The van der Waals surface area contributed by atoms with Gasteiger partial charge >= 0.3 is 0 Å². The molecule has 0 aliphatic carbocycles. The van der Waals surface area contributed by atoms with Crippen LogP contribution in [-0.2, 0) is 14.4 Å². The predicted octanol–water partition coefficient (Wildman–Crippen LogP) is 6.00. The van der Waals surface area contributed by atoms with Gasteiger partial charge in [-0.05, 0) is 48.9 Å². The second kappa shape index (κ2) is 11.1. The lowest BCUT2D eigenvalue weighted by molar-refractivity contribution is -0.140. The van der Waals surface area contributed by atoms with E-state index in [1.165, 1.54) is 11.8 Å². The highest BCUT2D eigenvalue weighted by molar-refractivity contribution is 8.01. The zero-order chi connectivity index (χ0) is 28.7. The van der Waals surface area contributed by atoms with E-state index in [0.717, 1.165) is 26.9 Å². The van der Waals surface area contributed by atoms with Crippen LogP contribution in [-0.4, -0.2) is 56.9 Å². The maximum absolute atomic E-state index is 14.8. The van der Waals surface area contributed by atoms with Gasteiger partial charge in [0, 0.05) is 50.7 Å². The first kappa shape index (κ1) is 27.7. The van der Waals surface area contributed by atoms with Crippen LogP contribution < -0.4 is 5.32 Å². The van der Waals surface area contributed by atoms with Crippen molar-refractivity contribution in [2.24, 2.45) is 0 Å². The van der Waals surface area contributed by atoms with E-state index in [-0.39, 0.29) is 36.7 Å². The molecule has 0 unspecified atom stereocenters. The van der Waals surface area contributed by atoms with Gasteiger partial charge in [-0.25, -0.2) is 0 Å². The van der Waals surface area contributed by atoms with E-state index < -0.39 is 10.8 Å². The molecule has 3 amide bonds. The lowest BCUT2D eigenvalue weighted by Gasteiger charge is -2.41. The number of aromatic amines is 1. The molecule has 2 fully saturated rings. The monoisotopic (exact) mass is 606 g/mol. The van der Waals surface area contributed by atoms with Crippen LogP contribution in [0.25, 0.3) is 10.9 Å². The Morgan fingerprint density at radius 2 is 1.76 bits per heavy atom. The van der Waals surface area contributed by atoms with Gasteiger partial charge in [0.05, 0.1) is 25.0 Å². The van der Waals surface area contributed by atoms with Gasteiger partial charge in [-0.2, -0.15) is 0 Å². The molecule has 10 heteroatoms. The van der Waals surface area contributed by atoms with E-state index in [1.54, 1.807) is 17.0 Å². The molecule has 2 N–H and O–H groups in total. The first-order valence-corrected chi connectivity index (χ1v) is 15.0. The van der Waals surface area contributed by atoms with E-state index in [1.807, 2.05) is 78.7 Å². The molecule has 0 saturated carbocycles. The van der Waals surface area contributed by atoms with Gasteiger partial charge in [0.25, 0.3) is 0 Å². The number of halogens is 2. The summed E-state index contributed by atoms with van der Waals surface area (Å²) in [5, 5.41) is 4.87. The van der Waals surface area contributed by atoms with E-state index in [9.17, 15) is 14.4 Å². The molecule has 1 aromatic heterocycles. The maximum Gasteiger partial charge on any atom is 0.242 e. The summed E-state index contributed by atoms with van der Waals surface area (Å²) < 4.78 is -1.24. The van der Waals surface area contributed by atoms with Crippen molar-refractivity contribution in [2.75, 3.05) is 19.6 Å². The summed E-state index contributed by atoms with van der Waals surface area (Å²) >= 11 is 13.9. The Labute approximate surface area is 252 Å². The second-order valence-electron chi connectivity index (χ2n) is 10.4. The number of hydrogen-bond donors (Lipinski definition) is 2. The largest absolute Gasteiger partial charge is 0.361 e. The fraction of sp³-hybridized carbons (Fsp3) is 0.258. The summed E-state index contributed by atoms with van der Waals surface area (Å²) in [5.74, 6) is -0.578. The molecule has 6 rings (SSSR count). The number of piperazine rings is 1. The van der Waals surface area contributed by atoms with Gasteiger partial charge in [-0.1, -0.05) is 59.6 Å². The number of benzene rings is 3. The zero-order valence-corrected chi connectivity index (χ0v) is 24.6. The van der Waals surface area contributed by atoms with Gasteiger partial charge in [0.2, 0.25) is 17.7 Å². The lowest BCUT2D eigenvalue weighted by Crippen LogP contribution is -2.57. The second-order valence-corrected chi connectivity index (χ2v) is 12.7. The summed E-state index contributed by atoms with van der Waals surface area (Å²) in [6.45, 7) is 2.67. The van der Waals surface area contributed by atoms with Crippen molar-refractivity contribution in [3.8, 4) is 0 Å². The smallest absolute Gasteiger partial charge is 0.242 e. The summed E-state index contributed by atoms with van der Waals surface area (Å²) in [5.41, 5.74) is 2.54. The van der Waals surface area contributed by atoms with Crippen molar-refractivity contribution >= 4 is 63.6 Å². The molecule has 0 radical (unpaired) electrons. The Kier molecular flexibility index (Phi) is 7.49. The van der Waals surface area contributed by atoms with Crippen LogP contribution in [0.1, 0.15) is 36.6 Å². The Hall–Kier alpha value is -3.46. The number of thioether (sulfide) groups is 1. The minimum atomic E-state index is -1.24. The Bertz CT molecular complexity index is 1630. The Morgan fingerprint density at radius 1 is 1.02 bits per heavy atom. The third kappa shape index (κ3) is 5.09. The molecule has 7 nitrogen and oxygen atoms in total. The average molecular weight is 608 g/mol. The van der Waals surface area contributed by atoms with Crippen molar-refractivity contribution in [3.05, 3.63) is 100 Å². The number of nitrogens with zero attached hydrogens (tertiary/aromatic N) is 2. The minimum absolute atomic E-state index is 0.0215. The number of hydrogen-bond acceptors (Lipinski definition) is 4. The fourth-order valence-corrected chi connectivity index (χ4v) is 7.75. The van der Waals surface area contributed by atoms with Crippen LogP contribution in [0.4, 0.5) is 0 Å². The van der Waals surface area contributed by atoms with Crippen molar-refractivity contribution in [1.29, 1.82) is 0 Å². The fourth-order valence-electron chi connectivity index (χ4n) is 5.98.